The van der Waals surface area contributed by atoms with Gasteiger partial charge in [-0.25, -0.2) is 14.4 Å². The van der Waals surface area contributed by atoms with Crippen molar-refractivity contribution in [2.45, 2.75) is 33.4 Å². The van der Waals surface area contributed by atoms with E-state index in [9.17, 15) is 4.39 Å². The number of benzene rings is 2. The van der Waals surface area contributed by atoms with Crippen molar-refractivity contribution in [1.82, 2.24) is 20.2 Å². The molecule has 6 heteroatoms. The van der Waals surface area contributed by atoms with Gasteiger partial charge in [-0.15, -0.1) is 0 Å². The fraction of sp³-hybridized carbons (Fsp3) is 0.273. The van der Waals surface area contributed by atoms with E-state index in [2.05, 4.69) is 39.7 Å². The molecule has 0 amide bonds. The Hall–Kier alpha value is -3.15. The maximum atomic E-state index is 14.6. The van der Waals surface area contributed by atoms with Crippen molar-refractivity contribution >= 4 is 5.96 Å². The average Bonchev–Trinajstić information content (AvgIpc) is 3.12. The number of guanidine groups is 1. The lowest BCUT2D eigenvalue weighted by Crippen LogP contribution is -2.38. The predicted molar refractivity (Wildman–Crippen MR) is 111 cm³/mol. The van der Waals surface area contributed by atoms with Crippen LogP contribution in [-0.2, 0) is 6.54 Å². The molecule has 0 saturated heterocycles. The van der Waals surface area contributed by atoms with Gasteiger partial charge in [0.15, 0.2) is 5.96 Å². The Morgan fingerprint density at radius 2 is 2.00 bits per heavy atom. The minimum Gasteiger partial charge on any atom is -0.357 e. The van der Waals surface area contributed by atoms with Crippen LogP contribution in [0.4, 0.5) is 4.39 Å². The Balaban J connectivity index is 1.72. The largest absolute Gasteiger partial charge is 0.357 e. The number of hydrogen-bond donors (Lipinski definition) is 2. The lowest BCUT2D eigenvalue weighted by molar-refractivity contribution is 0.614. The molecule has 2 N–H and O–H groups in total. The number of halogens is 1. The second kappa shape index (κ2) is 9.17. The molecule has 1 unspecified atom stereocenters. The normalized spacial score (nSPS) is 12.6. The molecule has 28 heavy (non-hydrogen) atoms. The van der Waals surface area contributed by atoms with E-state index >= 15 is 0 Å². The fourth-order valence-corrected chi connectivity index (χ4v) is 3.00. The summed E-state index contributed by atoms with van der Waals surface area (Å²) < 4.78 is 16.3. The van der Waals surface area contributed by atoms with Gasteiger partial charge in [0.2, 0.25) is 0 Å². The molecule has 0 spiro atoms. The van der Waals surface area contributed by atoms with Gasteiger partial charge in [0.1, 0.15) is 11.6 Å². The Morgan fingerprint density at radius 1 is 1.21 bits per heavy atom. The van der Waals surface area contributed by atoms with E-state index in [1.807, 2.05) is 38.1 Å². The van der Waals surface area contributed by atoms with Crippen molar-refractivity contribution in [3.05, 3.63) is 83.7 Å². The highest BCUT2D eigenvalue weighted by atomic mass is 19.1. The quantitative estimate of drug-likeness (QED) is 0.500. The van der Waals surface area contributed by atoms with Crippen LogP contribution in [0.5, 0.6) is 0 Å². The number of imidazole rings is 1. The number of nitrogens with one attached hydrogen (secondary N) is 2. The van der Waals surface area contributed by atoms with Crippen LogP contribution >= 0.6 is 0 Å². The first-order valence-corrected chi connectivity index (χ1v) is 9.47. The fourth-order valence-electron chi connectivity index (χ4n) is 3.00. The maximum Gasteiger partial charge on any atom is 0.192 e. The maximum absolute atomic E-state index is 14.6. The molecular weight excluding hydrogens is 353 g/mol. The SMILES string of the molecule is CCNC(=NCc1ccc(-n2ccnc2C)c(F)c1)NC(C)c1ccccc1. The van der Waals surface area contributed by atoms with E-state index in [-0.39, 0.29) is 11.9 Å². The molecule has 1 aromatic heterocycles. The Morgan fingerprint density at radius 3 is 2.64 bits per heavy atom. The van der Waals surface area contributed by atoms with Gasteiger partial charge in [-0.3, -0.25) is 0 Å². The minimum atomic E-state index is -0.288. The first kappa shape index (κ1) is 19.6. The van der Waals surface area contributed by atoms with Crippen molar-refractivity contribution in [2.24, 2.45) is 4.99 Å². The zero-order chi connectivity index (χ0) is 19.9. The summed E-state index contributed by atoms with van der Waals surface area (Å²) in [6.07, 6.45) is 3.42. The molecule has 5 nitrogen and oxygen atoms in total. The first-order chi connectivity index (χ1) is 13.6. The summed E-state index contributed by atoms with van der Waals surface area (Å²) in [7, 11) is 0. The predicted octanol–water partition coefficient (Wildman–Crippen LogP) is 4.14. The second-order valence-electron chi connectivity index (χ2n) is 6.60. The van der Waals surface area contributed by atoms with Crippen LogP contribution in [0.2, 0.25) is 0 Å². The van der Waals surface area contributed by atoms with Gasteiger partial charge in [0.25, 0.3) is 0 Å². The van der Waals surface area contributed by atoms with E-state index in [1.165, 1.54) is 11.6 Å². The number of hydrogen-bond acceptors (Lipinski definition) is 2. The van der Waals surface area contributed by atoms with Gasteiger partial charge in [0, 0.05) is 18.9 Å². The summed E-state index contributed by atoms with van der Waals surface area (Å²) in [6.45, 7) is 7.09. The molecule has 2 aromatic carbocycles. The number of nitrogens with zero attached hydrogens (tertiary/aromatic N) is 3. The van der Waals surface area contributed by atoms with Crippen LogP contribution in [0.1, 0.15) is 36.8 Å². The standard InChI is InChI=1S/C22H26FN5/c1-4-24-22(27-16(2)19-8-6-5-7-9-19)26-15-18-10-11-21(20(23)14-18)28-13-12-25-17(28)3/h5-14,16H,4,15H2,1-3H3,(H2,24,26,27). The average molecular weight is 379 g/mol. The number of aromatic nitrogens is 2. The third kappa shape index (κ3) is 4.76. The molecule has 0 aliphatic heterocycles. The molecule has 0 radical (unpaired) electrons. The van der Waals surface area contributed by atoms with Crippen LogP contribution in [0.25, 0.3) is 5.69 Å². The zero-order valence-electron chi connectivity index (χ0n) is 16.5. The lowest BCUT2D eigenvalue weighted by atomic mass is 10.1. The third-order valence-corrected chi connectivity index (χ3v) is 4.51. The summed E-state index contributed by atoms with van der Waals surface area (Å²) in [6, 6.07) is 15.5. The zero-order valence-corrected chi connectivity index (χ0v) is 16.5. The van der Waals surface area contributed by atoms with Crippen molar-refractivity contribution < 1.29 is 4.39 Å². The summed E-state index contributed by atoms with van der Waals surface area (Å²) >= 11 is 0. The van der Waals surface area contributed by atoms with Gasteiger partial charge in [-0.05, 0) is 44.0 Å². The van der Waals surface area contributed by atoms with Gasteiger partial charge < -0.3 is 15.2 Å². The van der Waals surface area contributed by atoms with Crippen molar-refractivity contribution in [3.8, 4) is 5.69 Å². The number of aryl methyl sites for hydroxylation is 1. The summed E-state index contributed by atoms with van der Waals surface area (Å²) in [5.74, 6) is 1.16. The van der Waals surface area contributed by atoms with Crippen molar-refractivity contribution in [2.75, 3.05) is 6.54 Å². The molecular formula is C22H26FN5. The molecule has 0 aliphatic rings. The smallest absolute Gasteiger partial charge is 0.192 e. The van der Waals surface area contributed by atoms with E-state index in [1.54, 1.807) is 23.0 Å². The van der Waals surface area contributed by atoms with Gasteiger partial charge in [0.05, 0.1) is 18.3 Å². The van der Waals surface area contributed by atoms with Crippen LogP contribution in [0.3, 0.4) is 0 Å². The van der Waals surface area contributed by atoms with E-state index in [4.69, 9.17) is 0 Å². The van der Waals surface area contributed by atoms with Crippen LogP contribution in [0.15, 0.2) is 65.9 Å². The molecule has 146 valence electrons. The molecule has 0 fully saturated rings. The molecule has 1 atom stereocenters. The summed E-state index contributed by atoms with van der Waals surface area (Å²) in [5, 5.41) is 6.64. The molecule has 3 rings (SSSR count). The van der Waals surface area contributed by atoms with Crippen LogP contribution in [0, 0.1) is 12.7 Å². The molecule has 0 saturated carbocycles. The Kier molecular flexibility index (Phi) is 6.42. The first-order valence-electron chi connectivity index (χ1n) is 9.47. The van der Waals surface area contributed by atoms with Crippen LogP contribution in [-0.4, -0.2) is 22.1 Å². The molecule has 3 aromatic rings. The molecule has 0 bridgehead atoms. The van der Waals surface area contributed by atoms with Crippen molar-refractivity contribution in [1.29, 1.82) is 0 Å². The van der Waals surface area contributed by atoms with Gasteiger partial charge >= 0.3 is 0 Å². The minimum absolute atomic E-state index is 0.113. The highest BCUT2D eigenvalue weighted by molar-refractivity contribution is 5.80. The van der Waals surface area contributed by atoms with Gasteiger partial charge in [-0.2, -0.15) is 0 Å². The van der Waals surface area contributed by atoms with Gasteiger partial charge in [-0.1, -0.05) is 36.4 Å². The summed E-state index contributed by atoms with van der Waals surface area (Å²) in [5.41, 5.74) is 2.48. The second-order valence-corrected chi connectivity index (χ2v) is 6.60. The van der Waals surface area contributed by atoms with E-state index < -0.39 is 0 Å². The van der Waals surface area contributed by atoms with Crippen LogP contribution < -0.4 is 10.6 Å². The monoisotopic (exact) mass is 379 g/mol. The van der Waals surface area contributed by atoms with Crippen molar-refractivity contribution in [3.63, 3.8) is 0 Å². The molecule has 1 heterocycles. The lowest BCUT2D eigenvalue weighted by Gasteiger charge is -2.18. The Bertz CT molecular complexity index is 933. The number of aliphatic imine (C=N–C) groups is 1. The summed E-state index contributed by atoms with van der Waals surface area (Å²) in [4.78, 5) is 8.76. The Labute approximate surface area is 165 Å². The third-order valence-electron chi connectivity index (χ3n) is 4.51. The van der Waals surface area contributed by atoms with E-state index in [0.717, 1.165) is 17.9 Å². The highest BCUT2D eigenvalue weighted by Crippen LogP contribution is 2.17. The topological polar surface area (TPSA) is 54.2 Å². The van der Waals surface area contributed by atoms with E-state index in [0.29, 0.717) is 18.2 Å². The highest BCUT2D eigenvalue weighted by Gasteiger charge is 2.09. The number of rotatable bonds is 6. The molecule has 0 aliphatic carbocycles.